The van der Waals surface area contributed by atoms with E-state index in [4.69, 9.17) is 16.3 Å². The highest BCUT2D eigenvalue weighted by Gasteiger charge is 2.24. The molecule has 9 heteroatoms. The van der Waals surface area contributed by atoms with Gasteiger partial charge in [-0.05, 0) is 51.1 Å². The highest BCUT2D eigenvalue weighted by molar-refractivity contribution is 6.29. The third-order valence-electron chi connectivity index (χ3n) is 5.78. The van der Waals surface area contributed by atoms with Crippen LogP contribution in [0.25, 0.3) is 11.4 Å². The summed E-state index contributed by atoms with van der Waals surface area (Å²) in [6, 6.07) is 14.0. The van der Waals surface area contributed by atoms with E-state index in [2.05, 4.69) is 4.98 Å². The molecule has 34 heavy (non-hydrogen) atoms. The summed E-state index contributed by atoms with van der Waals surface area (Å²) < 4.78 is 10.3. The van der Waals surface area contributed by atoms with Crippen molar-refractivity contribution in [1.82, 2.24) is 18.9 Å². The number of para-hydroxylation sites is 1. The summed E-state index contributed by atoms with van der Waals surface area (Å²) in [4.78, 5) is 42.4. The number of benzene rings is 1. The van der Waals surface area contributed by atoms with Crippen molar-refractivity contribution >= 4 is 23.4 Å². The lowest BCUT2D eigenvalue weighted by Gasteiger charge is -2.09. The van der Waals surface area contributed by atoms with Crippen molar-refractivity contribution in [2.24, 2.45) is 7.05 Å². The second-order valence-electron chi connectivity index (χ2n) is 7.90. The van der Waals surface area contributed by atoms with Crippen LogP contribution in [0.4, 0.5) is 0 Å². The number of halogens is 1. The van der Waals surface area contributed by atoms with Crippen molar-refractivity contribution in [3.8, 4) is 11.4 Å². The van der Waals surface area contributed by atoms with Crippen LogP contribution >= 0.6 is 11.6 Å². The fourth-order valence-corrected chi connectivity index (χ4v) is 4.10. The van der Waals surface area contributed by atoms with Gasteiger partial charge in [-0.25, -0.2) is 14.5 Å². The van der Waals surface area contributed by atoms with E-state index in [1.165, 1.54) is 18.3 Å². The number of hydrogen-bond acceptors (Lipinski definition) is 5. The average molecular weight is 479 g/mol. The predicted molar refractivity (Wildman–Crippen MR) is 128 cm³/mol. The first kappa shape index (κ1) is 23.3. The Balaban J connectivity index is 1.65. The fourth-order valence-electron chi connectivity index (χ4n) is 3.99. The minimum Gasteiger partial charge on any atom is -0.454 e. The topological polar surface area (TPSA) is 88.1 Å². The number of esters is 1. The van der Waals surface area contributed by atoms with Gasteiger partial charge in [0.1, 0.15) is 10.8 Å². The number of aryl methyl sites for hydroxylation is 1. The average Bonchev–Trinajstić information content (AvgIpc) is 3.23. The molecule has 3 heterocycles. The van der Waals surface area contributed by atoms with E-state index in [1.807, 2.05) is 51.2 Å². The molecular weight excluding hydrogens is 456 g/mol. The summed E-state index contributed by atoms with van der Waals surface area (Å²) in [5.74, 6) is -1.04. The van der Waals surface area contributed by atoms with E-state index in [-0.39, 0.29) is 22.1 Å². The van der Waals surface area contributed by atoms with Crippen molar-refractivity contribution in [3.63, 3.8) is 0 Å². The van der Waals surface area contributed by atoms with Crippen LogP contribution in [0.5, 0.6) is 0 Å². The third kappa shape index (κ3) is 4.08. The molecule has 0 fully saturated rings. The number of pyridine rings is 1. The maximum atomic E-state index is 13.4. The quantitative estimate of drug-likeness (QED) is 0.237. The van der Waals surface area contributed by atoms with Gasteiger partial charge in [0.2, 0.25) is 5.78 Å². The third-order valence-corrected chi connectivity index (χ3v) is 6.00. The number of nitrogens with zero attached hydrogens (tertiary/aromatic N) is 4. The Hall–Kier alpha value is -3.91. The maximum absolute atomic E-state index is 13.4. The molecule has 0 N–H and O–H groups in total. The number of rotatable bonds is 6. The molecule has 0 amide bonds. The smallest absolute Gasteiger partial charge is 0.340 e. The van der Waals surface area contributed by atoms with Gasteiger partial charge in [0.05, 0.1) is 16.9 Å². The van der Waals surface area contributed by atoms with Gasteiger partial charge in [0.15, 0.2) is 6.61 Å². The second-order valence-corrected chi connectivity index (χ2v) is 8.29. The van der Waals surface area contributed by atoms with Crippen LogP contribution in [0.15, 0.2) is 59.5 Å². The summed E-state index contributed by atoms with van der Waals surface area (Å²) in [5, 5.41) is 0.252. The maximum Gasteiger partial charge on any atom is 0.340 e. The Morgan fingerprint density at radius 1 is 1.03 bits per heavy atom. The van der Waals surface area contributed by atoms with Gasteiger partial charge in [-0.15, -0.1) is 0 Å². The number of ether oxygens (including phenoxy) is 1. The highest BCUT2D eigenvalue weighted by Crippen LogP contribution is 2.23. The van der Waals surface area contributed by atoms with E-state index in [0.717, 1.165) is 17.1 Å². The van der Waals surface area contributed by atoms with Crippen LogP contribution in [-0.2, 0) is 11.8 Å². The highest BCUT2D eigenvalue weighted by atomic mass is 35.5. The van der Waals surface area contributed by atoms with Crippen molar-refractivity contribution in [3.05, 3.63) is 98.4 Å². The number of Topliss-reactive ketones (excluding diaryl/α,β-unsaturated/α-hetero) is 1. The van der Waals surface area contributed by atoms with Gasteiger partial charge in [0, 0.05) is 30.2 Å². The molecule has 174 valence electrons. The summed E-state index contributed by atoms with van der Waals surface area (Å²) in [7, 11) is 1.82. The van der Waals surface area contributed by atoms with E-state index < -0.39 is 12.6 Å². The second kappa shape index (κ2) is 9.15. The number of carbonyl (C=O) groups excluding carboxylic acids is 2. The molecule has 0 unspecified atom stereocenters. The predicted octanol–water partition coefficient (Wildman–Crippen LogP) is 3.98. The Kier molecular flexibility index (Phi) is 6.26. The molecule has 0 atom stereocenters. The van der Waals surface area contributed by atoms with Crippen molar-refractivity contribution < 1.29 is 14.3 Å². The number of hydrogen-bond donors (Lipinski definition) is 0. The Labute approximate surface area is 201 Å². The van der Waals surface area contributed by atoms with Crippen LogP contribution in [0.1, 0.15) is 37.8 Å². The van der Waals surface area contributed by atoms with Crippen LogP contribution < -0.4 is 5.56 Å². The first-order valence-corrected chi connectivity index (χ1v) is 10.9. The zero-order valence-corrected chi connectivity index (χ0v) is 20.0. The lowest BCUT2D eigenvalue weighted by atomic mass is 10.1. The molecular formula is C25H23ClN4O4. The molecule has 0 bridgehead atoms. The fraction of sp³-hybridized carbons (Fsp3) is 0.200. The Bertz CT molecular complexity index is 1450. The number of aromatic nitrogens is 4. The molecule has 0 radical (unpaired) electrons. The Morgan fingerprint density at radius 3 is 2.38 bits per heavy atom. The molecule has 4 aromatic rings. The summed E-state index contributed by atoms with van der Waals surface area (Å²) in [6.07, 6.45) is 1.29. The molecule has 0 saturated carbocycles. The van der Waals surface area contributed by atoms with E-state index in [0.29, 0.717) is 16.9 Å². The molecule has 4 rings (SSSR count). The first-order chi connectivity index (χ1) is 16.2. The zero-order valence-electron chi connectivity index (χ0n) is 19.2. The lowest BCUT2D eigenvalue weighted by Crippen LogP contribution is -2.22. The SMILES string of the molecule is Cc1cc(C(=O)COC(=O)c2ccc(Cl)nc2)c(C)n1-c1c(C)n(C)n(-c2ccccc2)c1=O. The van der Waals surface area contributed by atoms with Crippen molar-refractivity contribution in [2.45, 2.75) is 20.8 Å². The molecule has 0 aliphatic rings. The normalized spacial score (nSPS) is 11.0. The largest absolute Gasteiger partial charge is 0.454 e. The summed E-state index contributed by atoms with van der Waals surface area (Å²) in [5.41, 5.74) is 3.65. The minimum atomic E-state index is -0.670. The summed E-state index contributed by atoms with van der Waals surface area (Å²) >= 11 is 5.73. The first-order valence-electron chi connectivity index (χ1n) is 10.6. The van der Waals surface area contributed by atoms with Gasteiger partial charge in [0.25, 0.3) is 5.56 Å². The molecule has 1 aromatic carbocycles. The summed E-state index contributed by atoms with van der Waals surface area (Å²) in [6.45, 7) is 5.02. The Morgan fingerprint density at radius 2 is 1.74 bits per heavy atom. The van der Waals surface area contributed by atoms with Crippen LogP contribution in [0.2, 0.25) is 5.15 Å². The monoisotopic (exact) mass is 478 g/mol. The zero-order chi connectivity index (χ0) is 24.6. The molecule has 0 saturated heterocycles. The van der Waals surface area contributed by atoms with Crippen molar-refractivity contribution in [2.75, 3.05) is 6.61 Å². The van der Waals surface area contributed by atoms with E-state index in [1.54, 1.807) is 26.9 Å². The molecule has 0 spiro atoms. The van der Waals surface area contributed by atoms with Gasteiger partial charge in [-0.1, -0.05) is 29.8 Å². The van der Waals surface area contributed by atoms with Crippen molar-refractivity contribution in [1.29, 1.82) is 0 Å². The standard InChI is InChI=1S/C25H23ClN4O4/c1-15-12-20(21(31)14-34-25(33)18-10-11-22(26)27-13-18)16(2)29(15)23-17(3)28(4)30(24(23)32)19-8-6-5-7-9-19/h5-13H,14H2,1-4H3. The molecule has 3 aromatic heterocycles. The van der Waals surface area contributed by atoms with Crippen LogP contribution in [0, 0.1) is 20.8 Å². The van der Waals surface area contributed by atoms with Gasteiger partial charge < -0.3 is 9.30 Å². The minimum absolute atomic E-state index is 0.198. The van der Waals surface area contributed by atoms with E-state index in [9.17, 15) is 14.4 Å². The van der Waals surface area contributed by atoms with Crippen LogP contribution in [0.3, 0.4) is 0 Å². The molecule has 8 nitrogen and oxygen atoms in total. The number of carbonyl (C=O) groups is 2. The molecule has 0 aliphatic carbocycles. The lowest BCUT2D eigenvalue weighted by molar-refractivity contribution is 0.0474. The van der Waals surface area contributed by atoms with Gasteiger partial charge in [-0.3, -0.25) is 14.3 Å². The number of ketones is 1. The van der Waals surface area contributed by atoms with Gasteiger partial charge >= 0.3 is 5.97 Å². The van der Waals surface area contributed by atoms with Crippen LogP contribution in [-0.4, -0.2) is 37.3 Å². The van der Waals surface area contributed by atoms with Gasteiger partial charge in [-0.2, -0.15) is 0 Å². The molecule has 0 aliphatic heterocycles. The van der Waals surface area contributed by atoms with E-state index >= 15 is 0 Å².